The van der Waals surface area contributed by atoms with Gasteiger partial charge in [-0.05, 0) is 53.6 Å². The zero-order valence-electron chi connectivity index (χ0n) is 15.7. The van der Waals surface area contributed by atoms with E-state index < -0.39 is 18.8 Å². The lowest BCUT2D eigenvalue weighted by Gasteiger charge is -2.34. The zero-order chi connectivity index (χ0) is 20.3. The predicted molar refractivity (Wildman–Crippen MR) is 112 cm³/mol. The first-order valence-electron chi connectivity index (χ1n) is 9.27. The Morgan fingerprint density at radius 1 is 1.32 bits per heavy atom. The molecule has 0 amide bonds. The average molecular weight is 511 g/mol. The predicted octanol–water partition coefficient (Wildman–Crippen LogP) is 3.69. The van der Waals surface area contributed by atoms with Crippen molar-refractivity contribution < 1.29 is 23.0 Å². The standard InChI is InChI=1S/C19H25F3IN3O2/c1-28-11-14(27)10-25-7-5-13(6-8-25)24-16-3-2-4-17-15(16)9-18(23)26(17)12-19(20,21)22/h2-4,9,13-14,24,27H,5-8,10-12H2,1H3/t14-/m0/s1. The first-order valence-corrected chi connectivity index (χ1v) is 10.3. The van der Waals surface area contributed by atoms with Crippen LogP contribution in [0.3, 0.4) is 0 Å². The summed E-state index contributed by atoms with van der Waals surface area (Å²) in [5, 5.41) is 14.2. The Labute approximate surface area is 176 Å². The topological polar surface area (TPSA) is 49.7 Å². The van der Waals surface area contributed by atoms with Crippen LogP contribution in [0.4, 0.5) is 18.9 Å². The van der Waals surface area contributed by atoms with Crippen LogP contribution < -0.4 is 5.32 Å². The highest BCUT2D eigenvalue weighted by molar-refractivity contribution is 14.1. The van der Waals surface area contributed by atoms with Gasteiger partial charge in [0.1, 0.15) is 6.54 Å². The summed E-state index contributed by atoms with van der Waals surface area (Å²) in [6.07, 6.45) is -2.92. The Hall–Kier alpha value is -1.04. The summed E-state index contributed by atoms with van der Waals surface area (Å²) in [4.78, 5) is 2.21. The molecule has 1 atom stereocenters. The molecule has 0 radical (unpaired) electrons. The molecular formula is C19H25F3IN3O2. The molecule has 1 aliphatic rings. The van der Waals surface area contributed by atoms with Gasteiger partial charge in [-0.15, -0.1) is 0 Å². The number of aliphatic hydroxyl groups is 1. The van der Waals surface area contributed by atoms with E-state index in [1.54, 1.807) is 25.3 Å². The fraction of sp³-hybridized carbons (Fsp3) is 0.579. The van der Waals surface area contributed by atoms with E-state index in [1.807, 2.05) is 28.7 Å². The summed E-state index contributed by atoms with van der Waals surface area (Å²) in [6, 6.07) is 7.51. The van der Waals surface area contributed by atoms with Crippen LogP contribution in [-0.4, -0.2) is 66.2 Å². The minimum Gasteiger partial charge on any atom is -0.389 e. The summed E-state index contributed by atoms with van der Waals surface area (Å²) < 4.78 is 45.6. The number of alkyl halides is 3. The fourth-order valence-corrected chi connectivity index (χ4v) is 4.48. The van der Waals surface area contributed by atoms with Crippen LogP contribution in [-0.2, 0) is 11.3 Å². The van der Waals surface area contributed by atoms with Crippen molar-refractivity contribution in [3.63, 3.8) is 0 Å². The Balaban J connectivity index is 1.66. The molecule has 2 heterocycles. The van der Waals surface area contributed by atoms with Crippen molar-refractivity contribution in [3.8, 4) is 0 Å². The second-order valence-electron chi connectivity index (χ2n) is 7.24. The molecule has 0 aliphatic carbocycles. The minimum absolute atomic E-state index is 0.255. The molecule has 2 aromatic rings. The van der Waals surface area contributed by atoms with Gasteiger partial charge in [-0.1, -0.05) is 6.07 Å². The van der Waals surface area contributed by atoms with Gasteiger partial charge in [0.2, 0.25) is 0 Å². The number of ether oxygens (including phenoxy) is 1. The molecule has 156 valence electrons. The zero-order valence-corrected chi connectivity index (χ0v) is 17.8. The minimum atomic E-state index is -4.25. The largest absolute Gasteiger partial charge is 0.406 e. The Morgan fingerprint density at radius 2 is 2.04 bits per heavy atom. The van der Waals surface area contributed by atoms with Gasteiger partial charge in [0.15, 0.2) is 0 Å². The molecule has 1 saturated heterocycles. The number of nitrogens with zero attached hydrogens (tertiary/aromatic N) is 2. The maximum absolute atomic E-state index is 12.9. The Morgan fingerprint density at radius 3 is 2.68 bits per heavy atom. The van der Waals surface area contributed by atoms with Crippen LogP contribution in [0.25, 0.3) is 10.9 Å². The van der Waals surface area contributed by atoms with Gasteiger partial charge in [0.25, 0.3) is 0 Å². The van der Waals surface area contributed by atoms with E-state index in [1.165, 1.54) is 4.57 Å². The normalized spacial score (nSPS) is 17.9. The van der Waals surface area contributed by atoms with Gasteiger partial charge in [-0.3, -0.25) is 0 Å². The number of aliphatic hydroxyl groups excluding tert-OH is 1. The lowest BCUT2D eigenvalue weighted by Crippen LogP contribution is -2.43. The van der Waals surface area contributed by atoms with E-state index in [0.29, 0.717) is 22.4 Å². The van der Waals surface area contributed by atoms with Crippen LogP contribution in [0, 0.1) is 3.70 Å². The monoisotopic (exact) mass is 511 g/mol. The number of piperidine rings is 1. The van der Waals surface area contributed by atoms with E-state index >= 15 is 0 Å². The van der Waals surface area contributed by atoms with Crippen molar-refractivity contribution in [2.45, 2.75) is 37.7 Å². The van der Waals surface area contributed by atoms with Crippen LogP contribution in [0.1, 0.15) is 12.8 Å². The van der Waals surface area contributed by atoms with Crippen molar-refractivity contribution >= 4 is 39.2 Å². The molecule has 0 saturated carbocycles. The molecular weight excluding hydrogens is 486 g/mol. The van der Waals surface area contributed by atoms with E-state index in [0.717, 1.165) is 37.0 Å². The summed E-state index contributed by atoms with van der Waals surface area (Å²) in [5.41, 5.74) is 1.46. The third-order valence-corrected chi connectivity index (χ3v) is 5.90. The molecule has 1 aromatic heterocycles. The number of hydrogen-bond acceptors (Lipinski definition) is 4. The molecule has 0 bridgehead atoms. The van der Waals surface area contributed by atoms with E-state index in [4.69, 9.17) is 4.74 Å². The summed E-state index contributed by atoms with van der Waals surface area (Å²) in [5.74, 6) is 0. The fourth-order valence-electron chi connectivity index (χ4n) is 3.74. The van der Waals surface area contributed by atoms with Gasteiger partial charge in [-0.25, -0.2) is 0 Å². The van der Waals surface area contributed by atoms with Gasteiger partial charge in [-0.2, -0.15) is 13.2 Å². The lowest BCUT2D eigenvalue weighted by atomic mass is 10.0. The highest BCUT2D eigenvalue weighted by Gasteiger charge is 2.30. The van der Waals surface area contributed by atoms with E-state index in [9.17, 15) is 18.3 Å². The maximum atomic E-state index is 12.9. The van der Waals surface area contributed by atoms with E-state index in [-0.39, 0.29) is 6.04 Å². The van der Waals surface area contributed by atoms with Crippen molar-refractivity contribution in [1.82, 2.24) is 9.47 Å². The highest BCUT2D eigenvalue weighted by Crippen LogP contribution is 2.32. The molecule has 1 fully saturated rings. The molecule has 5 nitrogen and oxygen atoms in total. The van der Waals surface area contributed by atoms with Crippen LogP contribution in [0.15, 0.2) is 24.3 Å². The second kappa shape index (κ2) is 9.19. The molecule has 1 aliphatic heterocycles. The number of fused-ring (bicyclic) bond motifs is 1. The molecule has 9 heteroatoms. The van der Waals surface area contributed by atoms with Crippen molar-refractivity contribution in [3.05, 3.63) is 28.0 Å². The smallest absolute Gasteiger partial charge is 0.389 e. The van der Waals surface area contributed by atoms with Gasteiger partial charge in [0, 0.05) is 43.9 Å². The number of β-amino-alcohol motifs (C(OH)–C–C–N with tert-alkyl or cyclic N) is 1. The summed E-state index contributed by atoms with van der Waals surface area (Å²) in [7, 11) is 1.57. The average Bonchev–Trinajstić information content (AvgIpc) is 2.92. The van der Waals surface area contributed by atoms with Gasteiger partial charge in [0.05, 0.1) is 21.9 Å². The van der Waals surface area contributed by atoms with Crippen molar-refractivity contribution in [2.24, 2.45) is 0 Å². The van der Waals surface area contributed by atoms with Crippen molar-refractivity contribution in [1.29, 1.82) is 0 Å². The number of methoxy groups -OCH3 is 1. The number of halogens is 4. The highest BCUT2D eigenvalue weighted by atomic mass is 127. The number of benzene rings is 1. The molecule has 28 heavy (non-hydrogen) atoms. The third-order valence-electron chi connectivity index (χ3n) is 5.01. The number of nitrogens with one attached hydrogen (secondary N) is 1. The molecule has 2 N–H and O–H groups in total. The quantitative estimate of drug-likeness (QED) is 0.557. The van der Waals surface area contributed by atoms with Crippen LogP contribution in [0.2, 0.25) is 0 Å². The summed E-state index contributed by atoms with van der Waals surface area (Å²) in [6.45, 7) is 1.66. The number of anilines is 1. The third kappa shape index (κ3) is 5.52. The molecule has 3 rings (SSSR count). The maximum Gasteiger partial charge on any atom is 0.406 e. The molecule has 0 unspecified atom stereocenters. The Bertz CT molecular complexity index is 789. The first kappa shape index (κ1) is 21.7. The van der Waals surface area contributed by atoms with E-state index in [2.05, 4.69) is 10.2 Å². The summed E-state index contributed by atoms with van der Waals surface area (Å²) >= 11 is 1.96. The Kier molecular flexibility index (Phi) is 7.11. The van der Waals surface area contributed by atoms with Crippen LogP contribution >= 0.6 is 22.6 Å². The molecule has 0 spiro atoms. The first-order chi connectivity index (χ1) is 13.3. The number of aromatic nitrogens is 1. The lowest BCUT2D eigenvalue weighted by molar-refractivity contribution is -0.140. The molecule has 1 aromatic carbocycles. The SMILES string of the molecule is COC[C@@H](O)CN1CCC(Nc2cccc3c2cc(I)n3CC(F)(F)F)CC1. The van der Waals surface area contributed by atoms with Gasteiger partial charge < -0.3 is 24.6 Å². The second-order valence-corrected chi connectivity index (χ2v) is 8.34. The van der Waals surface area contributed by atoms with Gasteiger partial charge >= 0.3 is 6.18 Å². The number of rotatable bonds is 7. The number of likely N-dealkylation sites (tertiary alicyclic amines) is 1. The van der Waals surface area contributed by atoms with Crippen molar-refractivity contribution in [2.75, 3.05) is 38.7 Å². The number of hydrogen-bond donors (Lipinski definition) is 2. The van der Waals surface area contributed by atoms with Crippen LogP contribution in [0.5, 0.6) is 0 Å².